The van der Waals surface area contributed by atoms with Crippen molar-refractivity contribution in [2.24, 2.45) is 0 Å². The third-order valence-electron chi connectivity index (χ3n) is 6.37. The van der Waals surface area contributed by atoms with Crippen molar-refractivity contribution in [1.29, 1.82) is 0 Å². The Morgan fingerprint density at radius 3 is 1.78 bits per heavy atom. The van der Waals surface area contributed by atoms with Crippen LogP contribution in [0.1, 0.15) is 106 Å². The lowest BCUT2D eigenvalue weighted by Gasteiger charge is -2.30. The molecule has 0 saturated heterocycles. The third-order valence-corrected chi connectivity index (χ3v) is 9.01. The van der Waals surface area contributed by atoms with Crippen LogP contribution in [-0.4, -0.2) is 71.0 Å². The van der Waals surface area contributed by atoms with Crippen molar-refractivity contribution in [2.75, 3.05) is 25.1 Å². The summed E-state index contributed by atoms with van der Waals surface area (Å²) < 4.78 is 30.6. The van der Waals surface area contributed by atoms with Crippen LogP contribution in [0, 0.1) is 0 Å². The molecule has 0 heterocycles. The van der Waals surface area contributed by atoms with Gasteiger partial charge in [0.25, 0.3) is 0 Å². The van der Waals surface area contributed by atoms with Crippen LogP contribution in [0.15, 0.2) is 24.3 Å². The molecule has 0 aromatic heterocycles. The van der Waals surface area contributed by atoms with Crippen LogP contribution >= 0.6 is 19.6 Å². The lowest BCUT2D eigenvalue weighted by atomic mass is 10.0. The van der Waals surface area contributed by atoms with E-state index in [2.05, 4.69) is 24.5 Å². The lowest BCUT2D eigenvalue weighted by molar-refractivity contribution is -0.136. The van der Waals surface area contributed by atoms with E-state index in [1.165, 1.54) is 18.7 Å². The molecule has 10 nitrogen and oxygen atoms in total. The predicted octanol–water partition coefficient (Wildman–Crippen LogP) is 6.91. The topological polar surface area (TPSA) is 123 Å². The second kappa shape index (κ2) is 19.6. The number of hydrogen-bond acceptors (Lipinski definition) is 8. The molecule has 0 radical (unpaired) electrons. The summed E-state index contributed by atoms with van der Waals surface area (Å²) in [6, 6.07) is 5.08. The van der Waals surface area contributed by atoms with Crippen LogP contribution < -0.4 is 15.2 Å². The lowest BCUT2D eigenvalue weighted by Crippen LogP contribution is -2.56. The number of amides is 3. The highest BCUT2D eigenvalue weighted by atomic mass is 32.2. The Bertz CT molecular complexity index is 1070. The first kappa shape index (κ1) is 41.0. The fraction of sp³-hybridized carbons (Fsp3) is 0.727. The van der Waals surface area contributed by atoms with Crippen molar-refractivity contribution in [3.05, 3.63) is 29.8 Å². The van der Waals surface area contributed by atoms with Crippen molar-refractivity contribution in [3.63, 3.8) is 0 Å². The van der Waals surface area contributed by atoms with Crippen molar-refractivity contribution in [3.8, 4) is 5.75 Å². The highest BCUT2D eigenvalue weighted by molar-refractivity contribution is 7.98. The van der Waals surface area contributed by atoms with Crippen LogP contribution in [0.2, 0.25) is 0 Å². The third kappa shape index (κ3) is 17.4. The number of phosphoric acid groups is 1. The molecule has 1 aromatic rings. The molecule has 0 bridgehead atoms. The van der Waals surface area contributed by atoms with Gasteiger partial charge >= 0.3 is 7.82 Å². The van der Waals surface area contributed by atoms with Crippen molar-refractivity contribution < 1.29 is 32.5 Å². The van der Waals surface area contributed by atoms with Gasteiger partial charge in [-0.3, -0.25) is 23.4 Å². The Hall–Kier alpha value is -2.07. The number of nitrogens with one attached hydrogen (secondary N) is 2. The van der Waals surface area contributed by atoms with Gasteiger partial charge in [-0.05, 0) is 78.3 Å². The van der Waals surface area contributed by atoms with E-state index in [1.54, 1.807) is 65.8 Å². The van der Waals surface area contributed by atoms with Gasteiger partial charge in [-0.15, -0.1) is 0 Å². The van der Waals surface area contributed by atoms with E-state index < -0.39 is 37.0 Å². The molecule has 45 heavy (non-hydrogen) atoms. The van der Waals surface area contributed by atoms with E-state index in [-0.39, 0.29) is 24.0 Å². The highest BCUT2D eigenvalue weighted by Crippen LogP contribution is 2.55. The van der Waals surface area contributed by atoms with Gasteiger partial charge in [0, 0.05) is 32.2 Å². The summed E-state index contributed by atoms with van der Waals surface area (Å²) in [5, 5.41) is 5.66. The number of hydrogen-bond donors (Lipinski definition) is 2. The zero-order valence-electron chi connectivity index (χ0n) is 29.2. The van der Waals surface area contributed by atoms with Gasteiger partial charge in [0.2, 0.25) is 17.7 Å². The van der Waals surface area contributed by atoms with Gasteiger partial charge in [0.05, 0.1) is 11.2 Å². The van der Waals surface area contributed by atoms with E-state index in [9.17, 15) is 18.9 Å². The summed E-state index contributed by atoms with van der Waals surface area (Å²) in [5.41, 5.74) is -0.831. The smallest absolute Gasteiger partial charge is 0.404 e. The van der Waals surface area contributed by atoms with Gasteiger partial charge in [-0.1, -0.05) is 51.7 Å². The van der Waals surface area contributed by atoms with Crippen LogP contribution in [-0.2, 0) is 34.4 Å². The monoisotopic (exact) mass is 671 g/mol. The van der Waals surface area contributed by atoms with Gasteiger partial charge in [-0.25, -0.2) is 4.57 Å². The van der Waals surface area contributed by atoms with Gasteiger partial charge < -0.3 is 20.1 Å². The minimum Gasteiger partial charge on any atom is -0.404 e. The molecule has 1 rings (SSSR count). The molecule has 12 heteroatoms. The Morgan fingerprint density at radius 2 is 1.36 bits per heavy atom. The van der Waals surface area contributed by atoms with Crippen LogP contribution in [0.3, 0.4) is 0 Å². The maximum atomic E-state index is 13.6. The van der Waals surface area contributed by atoms with Crippen LogP contribution in [0.25, 0.3) is 0 Å². The number of nitrogens with zero attached hydrogens (tertiary/aromatic N) is 1. The Kier molecular flexibility index (Phi) is 17.8. The fourth-order valence-electron chi connectivity index (χ4n) is 4.50. The molecule has 0 saturated carbocycles. The molecule has 0 spiro atoms. The molecule has 0 fully saturated rings. The molecule has 3 amide bonds. The minimum atomic E-state index is -3.98. The Labute approximate surface area is 276 Å². The SMILES string of the molecule is CCCCCN(CCCCC)C(=O)[C@H](CSC)NC(=O)[C@H](Cc1ccc(OP(=O)(OC(C)(C)C)OC(C)(C)C)cc1)NC(C)=O. The number of carbonyl (C=O) groups excluding carboxylic acids is 3. The molecule has 0 aliphatic rings. The molecule has 258 valence electrons. The quantitative estimate of drug-likeness (QED) is 0.113. The average molecular weight is 672 g/mol. The number of thioether (sulfide) groups is 1. The Balaban J connectivity index is 3.12. The Morgan fingerprint density at radius 1 is 0.844 bits per heavy atom. The number of carbonyl (C=O) groups is 3. The number of unbranched alkanes of at least 4 members (excludes halogenated alkanes) is 4. The van der Waals surface area contributed by atoms with Gasteiger partial charge in [-0.2, -0.15) is 11.8 Å². The van der Waals surface area contributed by atoms with Gasteiger partial charge in [0.15, 0.2) is 0 Å². The average Bonchev–Trinajstić information content (AvgIpc) is 2.89. The number of benzene rings is 1. The first-order valence-corrected chi connectivity index (χ1v) is 18.9. The van der Waals surface area contributed by atoms with E-state index in [0.717, 1.165) is 44.1 Å². The standard InChI is InChI=1S/C33H58N3O7PS/c1-11-13-15-21-36(22-16-14-12-2)31(39)29(24-45-10)35-30(38)28(34-25(3)37)23-26-17-19-27(20-18-26)41-44(40,42-32(4,5)6)43-33(7,8)9/h17-20,28-29H,11-16,21-24H2,1-10H3,(H,34,37)(H,35,38)/t28-,29-/m0/s1. The second-order valence-electron chi connectivity index (χ2n) is 13.3. The molecular weight excluding hydrogens is 613 g/mol. The summed E-state index contributed by atoms with van der Waals surface area (Å²) in [4.78, 5) is 41.1. The largest absolute Gasteiger partial charge is 0.531 e. The van der Waals surface area contributed by atoms with E-state index >= 15 is 0 Å². The molecular formula is C33H58N3O7PS. The van der Waals surface area contributed by atoms with E-state index in [0.29, 0.717) is 18.8 Å². The highest BCUT2D eigenvalue weighted by Gasteiger charge is 2.38. The first-order valence-electron chi connectivity index (χ1n) is 16.1. The molecule has 2 atom stereocenters. The molecule has 0 aliphatic heterocycles. The van der Waals surface area contributed by atoms with Crippen molar-refractivity contribution in [2.45, 2.75) is 131 Å². The normalized spacial score (nSPS) is 13.6. The zero-order chi connectivity index (χ0) is 34.3. The second-order valence-corrected chi connectivity index (χ2v) is 15.7. The summed E-state index contributed by atoms with van der Waals surface area (Å²) in [6.45, 7) is 17.5. The molecule has 0 unspecified atom stereocenters. The first-order chi connectivity index (χ1) is 20.9. The summed E-state index contributed by atoms with van der Waals surface area (Å²) in [5.74, 6) is -0.181. The predicted molar refractivity (Wildman–Crippen MR) is 184 cm³/mol. The number of phosphoric ester groups is 1. The maximum absolute atomic E-state index is 13.6. The zero-order valence-corrected chi connectivity index (χ0v) is 30.9. The fourth-order valence-corrected chi connectivity index (χ4v) is 6.90. The summed E-state index contributed by atoms with van der Waals surface area (Å²) in [7, 11) is -3.98. The van der Waals surface area contributed by atoms with Gasteiger partial charge in [0.1, 0.15) is 17.8 Å². The molecule has 0 aliphatic carbocycles. The molecule has 2 N–H and O–H groups in total. The van der Waals surface area contributed by atoms with Crippen molar-refractivity contribution >= 4 is 37.3 Å². The van der Waals surface area contributed by atoms with Crippen LogP contribution in [0.5, 0.6) is 5.75 Å². The number of rotatable bonds is 20. The summed E-state index contributed by atoms with van der Waals surface area (Å²) >= 11 is 1.49. The van der Waals surface area contributed by atoms with Crippen LogP contribution in [0.4, 0.5) is 0 Å². The minimum absolute atomic E-state index is 0.0904. The maximum Gasteiger partial charge on any atom is 0.531 e. The summed E-state index contributed by atoms with van der Waals surface area (Å²) in [6.07, 6.45) is 8.11. The van der Waals surface area contributed by atoms with Crippen molar-refractivity contribution in [1.82, 2.24) is 15.5 Å². The van der Waals surface area contributed by atoms with E-state index in [4.69, 9.17) is 13.6 Å². The van der Waals surface area contributed by atoms with E-state index in [1.807, 2.05) is 11.2 Å². The molecule has 1 aromatic carbocycles.